The Morgan fingerprint density at radius 1 is 1.17 bits per heavy atom. The van der Waals surface area contributed by atoms with Gasteiger partial charge in [0.15, 0.2) is 0 Å². The van der Waals surface area contributed by atoms with Crippen LogP contribution in [-0.4, -0.2) is 11.9 Å². The highest BCUT2D eigenvalue weighted by Gasteiger charge is 2.33. The van der Waals surface area contributed by atoms with Crippen LogP contribution in [0.3, 0.4) is 0 Å². The molecule has 0 radical (unpaired) electrons. The van der Waals surface area contributed by atoms with E-state index in [9.17, 15) is 4.79 Å². The average Bonchev–Trinajstić information content (AvgIpc) is 2.82. The lowest BCUT2D eigenvalue weighted by atomic mass is 9.72. The molecule has 23 heavy (non-hydrogen) atoms. The van der Waals surface area contributed by atoms with Crippen LogP contribution in [0.25, 0.3) is 0 Å². The Kier molecular flexibility index (Phi) is 4.73. The SMILES string of the molecule is CC(C)(C)C1CCc2c(sc(N)c2C(=O)NC2CCCCC2)C1. The first-order valence-corrected chi connectivity index (χ1v) is 9.88. The molecule has 1 aromatic rings. The van der Waals surface area contributed by atoms with Crippen LogP contribution in [-0.2, 0) is 12.8 Å². The first-order valence-electron chi connectivity index (χ1n) is 9.07. The fourth-order valence-corrected chi connectivity index (χ4v) is 5.30. The highest BCUT2D eigenvalue weighted by molar-refractivity contribution is 7.16. The van der Waals surface area contributed by atoms with Crippen molar-refractivity contribution in [3.05, 3.63) is 16.0 Å². The minimum absolute atomic E-state index is 0.0705. The molecule has 3 rings (SSSR count). The van der Waals surface area contributed by atoms with Crippen LogP contribution in [0.15, 0.2) is 0 Å². The summed E-state index contributed by atoms with van der Waals surface area (Å²) in [5.41, 5.74) is 8.59. The van der Waals surface area contributed by atoms with Crippen LogP contribution in [0, 0.1) is 11.3 Å². The molecule has 0 aliphatic heterocycles. The smallest absolute Gasteiger partial charge is 0.254 e. The van der Waals surface area contributed by atoms with E-state index in [1.807, 2.05) is 0 Å². The lowest BCUT2D eigenvalue weighted by molar-refractivity contribution is 0.0927. The molecule has 1 atom stereocenters. The molecule has 1 amide bonds. The Labute approximate surface area is 144 Å². The van der Waals surface area contributed by atoms with Crippen molar-refractivity contribution in [2.45, 2.75) is 78.2 Å². The van der Waals surface area contributed by atoms with Crippen molar-refractivity contribution in [3.8, 4) is 0 Å². The summed E-state index contributed by atoms with van der Waals surface area (Å²) < 4.78 is 0. The van der Waals surface area contributed by atoms with Gasteiger partial charge in [0.25, 0.3) is 5.91 Å². The van der Waals surface area contributed by atoms with Crippen LogP contribution in [0.4, 0.5) is 5.00 Å². The zero-order valence-corrected chi connectivity index (χ0v) is 15.5. The Balaban J connectivity index is 1.76. The molecular weight excluding hydrogens is 304 g/mol. The van der Waals surface area contributed by atoms with Crippen molar-refractivity contribution >= 4 is 22.2 Å². The number of rotatable bonds is 2. The number of anilines is 1. The number of hydrogen-bond donors (Lipinski definition) is 2. The van der Waals surface area contributed by atoms with Gasteiger partial charge in [0, 0.05) is 10.9 Å². The normalized spacial score (nSPS) is 22.7. The Bertz CT molecular complexity index is 579. The number of nitrogens with one attached hydrogen (secondary N) is 1. The molecule has 2 aliphatic rings. The van der Waals surface area contributed by atoms with Gasteiger partial charge in [-0.15, -0.1) is 11.3 Å². The number of fused-ring (bicyclic) bond motifs is 1. The molecule has 1 fully saturated rings. The highest BCUT2D eigenvalue weighted by atomic mass is 32.1. The lowest BCUT2D eigenvalue weighted by Crippen LogP contribution is -2.37. The molecule has 2 aliphatic carbocycles. The Morgan fingerprint density at radius 2 is 1.87 bits per heavy atom. The second-order valence-electron chi connectivity index (χ2n) is 8.36. The van der Waals surface area contributed by atoms with Crippen LogP contribution >= 0.6 is 11.3 Å². The van der Waals surface area contributed by atoms with Gasteiger partial charge in [-0.05, 0) is 49.0 Å². The molecule has 0 bridgehead atoms. The third-order valence-electron chi connectivity index (χ3n) is 5.68. The summed E-state index contributed by atoms with van der Waals surface area (Å²) in [6.45, 7) is 6.95. The molecule has 3 nitrogen and oxygen atoms in total. The molecule has 4 heteroatoms. The first-order chi connectivity index (χ1) is 10.9. The van der Waals surface area contributed by atoms with E-state index in [0.717, 1.165) is 42.7 Å². The van der Waals surface area contributed by atoms with Crippen molar-refractivity contribution in [3.63, 3.8) is 0 Å². The van der Waals surface area contributed by atoms with Gasteiger partial charge in [0.1, 0.15) is 0 Å². The molecule has 1 unspecified atom stereocenters. The predicted octanol–water partition coefficient (Wildman–Crippen LogP) is 4.54. The van der Waals surface area contributed by atoms with Crippen molar-refractivity contribution in [2.24, 2.45) is 11.3 Å². The summed E-state index contributed by atoms with van der Waals surface area (Å²) >= 11 is 1.64. The van der Waals surface area contributed by atoms with Crippen molar-refractivity contribution in [2.75, 3.05) is 5.73 Å². The molecule has 0 saturated heterocycles. The number of carbonyl (C=O) groups excluding carboxylic acids is 1. The van der Waals surface area contributed by atoms with E-state index in [-0.39, 0.29) is 5.91 Å². The third-order valence-corrected chi connectivity index (χ3v) is 6.77. The maximum absolute atomic E-state index is 12.8. The van der Waals surface area contributed by atoms with Gasteiger partial charge in [-0.1, -0.05) is 40.0 Å². The number of carbonyl (C=O) groups is 1. The van der Waals surface area contributed by atoms with Gasteiger partial charge in [-0.3, -0.25) is 4.79 Å². The fraction of sp³-hybridized carbons (Fsp3) is 0.737. The fourth-order valence-electron chi connectivity index (χ4n) is 4.10. The quantitative estimate of drug-likeness (QED) is 0.834. The van der Waals surface area contributed by atoms with E-state index in [0.29, 0.717) is 17.4 Å². The zero-order chi connectivity index (χ0) is 16.6. The molecule has 1 heterocycles. The molecule has 0 aromatic carbocycles. The summed E-state index contributed by atoms with van der Waals surface area (Å²) in [5, 5.41) is 3.96. The minimum Gasteiger partial charge on any atom is -0.390 e. The van der Waals surface area contributed by atoms with Gasteiger partial charge >= 0.3 is 0 Å². The number of nitrogen functional groups attached to an aromatic ring is 1. The van der Waals surface area contributed by atoms with Crippen LogP contribution in [0.2, 0.25) is 0 Å². The minimum atomic E-state index is 0.0705. The van der Waals surface area contributed by atoms with Gasteiger partial charge in [0.2, 0.25) is 0 Å². The topological polar surface area (TPSA) is 55.1 Å². The van der Waals surface area contributed by atoms with Gasteiger partial charge in [0.05, 0.1) is 10.6 Å². The van der Waals surface area contributed by atoms with E-state index in [1.165, 1.54) is 29.7 Å². The number of hydrogen-bond acceptors (Lipinski definition) is 3. The summed E-state index contributed by atoms with van der Waals surface area (Å²) in [6.07, 6.45) is 9.23. The second-order valence-corrected chi connectivity index (χ2v) is 9.49. The molecule has 1 aromatic heterocycles. The van der Waals surface area contributed by atoms with E-state index < -0.39 is 0 Å². The first kappa shape index (κ1) is 16.8. The maximum Gasteiger partial charge on any atom is 0.254 e. The number of amides is 1. The van der Waals surface area contributed by atoms with Crippen LogP contribution in [0.1, 0.15) is 80.1 Å². The number of nitrogens with two attached hydrogens (primary N) is 1. The van der Waals surface area contributed by atoms with Crippen molar-refractivity contribution in [1.82, 2.24) is 5.32 Å². The average molecular weight is 335 g/mol. The van der Waals surface area contributed by atoms with Gasteiger partial charge < -0.3 is 11.1 Å². The highest BCUT2D eigenvalue weighted by Crippen LogP contribution is 2.43. The number of thiophene rings is 1. The lowest BCUT2D eigenvalue weighted by Gasteiger charge is -2.34. The second kappa shape index (κ2) is 6.46. The van der Waals surface area contributed by atoms with Gasteiger partial charge in [-0.2, -0.15) is 0 Å². The molecule has 1 saturated carbocycles. The zero-order valence-electron chi connectivity index (χ0n) is 14.7. The summed E-state index contributed by atoms with van der Waals surface area (Å²) in [4.78, 5) is 14.1. The standard InChI is InChI=1S/C19H30N2OS/c1-19(2,3)12-9-10-14-15(11-12)23-17(20)16(14)18(22)21-13-7-5-4-6-8-13/h12-13H,4-11,20H2,1-3H3,(H,21,22). The van der Waals surface area contributed by atoms with Gasteiger partial charge in [-0.25, -0.2) is 0 Å². The molecule has 0 spiro atoms. The largest absolute Gasteiger partial charge is 0.390 e. The van der Waals surface area contributed by atoms with E-state index >= 15 is 0 Å². The summed E-state index contributed by atoms with van der Waals surface area (Å²) in [7, 11) is 0. The Hall–Kier alpha value is -1.03. The summed E-state index contributed by atoms with van der Waals surface area (Å²) in [6, 6.07) is 0.345. The van der Waals surface area contributed by atoms with Crippen molar-refractivity contribution in [1.29, 1.82) is 0 Å². The molecule has 128 valence electrons. The van der Waals surface area contributed by atoms with Crippen LogP contribution < -0.4 is 11.1 Å². The van der Waals surface area contributed by atoms with Crippen molar-refractivity contribution < 1.29 is 4.79 Å². The molecular formula is C19H30N2OS. The maximum atomic E-state index is 12.8. The van der Waals surface area contributed by atoms with E-state index in [4.69, 9.17) is 5.73 Å². The van der Waals surface area contributed by atoms with Crippen LogP contribution in [0.5, 0.6) is 0 Å². The monoisotopic (exact) mass is 334 g/mol. The summed E-state index contributed by atoms with van der Waals surface area (Å²) in [5.74, 6) is 0.753. The third kappa shape index (κ3) is 3.57. The Morgan fingerprint density at radius 3 is 2.52 bits per heavy atom. The molecule has 3 N–H and O–H groups in total. The van der Waals surface area contributed by atoms with E-state index in [1.54, 1.807) is 11.3 Å². The van der Waals surface area contributed by atoms with E-state index in [2.05, 4.69) is 26.1 Å². The predicted molar refractivity (Wildman–Crippen MR) is 98.0 cm³/mol.